The van der Waals surface area contributed by atoms with E-state index in [2.05, 4.69) is 10.3 Å². The average Bonchev–Trinajstić information content (AvgIpc) is 2.90. The SMILES string of the molecule is CCc1nc2cc(Cl)ccn2c1C(=O)Nc1cc(Cl)c(Cl)cc1Cl. The summed E-state index contributed by atoms with van der Waals surface area (Å²) < 4.78 is 1.69. The molecule has 0 unspecified atom stereocenters. The van der Waals surface area contributed by atoms with Crippen LogP contribution in [0.1, 0.15) is 23.1 Å². The van der Waals surface area contributed by atoms with Gasteiger partial charge in [-0.15, -0.1) is 0 Å². The van der Waals surface area contributed by atoms with Gasteiger partial charge >= 0.3 is 0 Å². The second-order valence-electron chi connectivity index (χ2n) is 5.03. The zero-order chi connectivity index (χ0) is 17.4. The number of aromatic nitrogens is 2. The van der Waals surface area contributed by atoms with Crippen molar-refractivity contribution >= 4 is 63.6 Å². The van der Waals surface area contributed by atoms with Crippen molar-refractivity contribution in [2.45, 2.75) is 13.3 Å². The minimum absolute atomic E-state index is 0.299. The van der Waals surface area contributed by atoms with Crippen molar-refractivity contribution in [2.24, 2.45) is 0 Å². The molecule has 0 aliphatic heterocycles. The van der Waals surface area contributed by atoms with E-state index in [1.165, 1.54) is 12.1 Å². The van der Waals surface area contributed by atoms with Gasteiger partial charge in [0.2, 0.25) is 0 Å². The van der Waals surface area contributed by atoms with Crippen LogP contribution in [-0.4, -0.2) is 15.3 Å². The smallest absolute Gasteiger partial charge is 0.274 e. The normalized spacial score (nSPS) is 11.0. The fraction of sp³-hybridized carbons (Fsp3) is 0.125. The minimum Gasteiger partial charge on any atom is -0.319 e. The van der Waals surface area contributed by atoms with Gasteiger partial charge in [0.15, 0.2) is 0 Å². The number of imidazole rings is 1. The molecule has 0 atom stereocenters. The van der Waals surface area contributed by atoms with Gasteiger partial charge in [0.25, 0.3) is 5.91 Å². The number of carbonyl (C=O) groups is 1. The molecular formula is C16H11Cl4N3O. The Morgan fingerprint density at radius 2 is 1.83 bits per heavy atom. The summed E-state index contributed by atoms with van der Waals surface area (Å²) >= 11 is 24.0. The molecule has 8 heteroatoms. The van der Waals surface area contributed by atoms with E-state index >= 15 is 0 Å². The van der Waals surface area contributed by atoms with Gasteiger partial charge in [-0.25, -0.2) is 4.98 Å². The molecule has 3 rings (SSSR count). The van der Waals surface area contributed by atoms with Crippen molar-refractivity contribution in [1.82, 2.24) is 9.38 Å². The number of fused-ring (bicyclic) bond motifs is 1. The third kappa shape index (κ3) is 3.20. The van der Waals surface area contributed by atoms with Crippen molar-refractivity contribution in [2.75, 3.05) is 5.32 Å². The van der Waals surface area contributed by atoms with E-state index in [9.17, 15) is 4.79 Å². The number of halogens is 4. The molecule has 0 fully saturated rings. The summed E-state index contributed by atoms with van der Waals surface area (Å²) in [6.07, 6.45) is 2.30. The highest BCUT2D eigenvalue weighted by atomic mass is 35.5. The summed E-state index contributed by atoms with van der Waals surface area (Å²) in [6, 6.07) is 6.38. The Hall–Kier alpha value is -1.46. The Kier molecular flexibility index (Phi) is 4.92. The maximum absolute atomic E-state index is 12.8. The second kappa shape index (κ2) is 6.81. The quantitative estimate of drug-likeness (QED) is 0.565. The number of carbonyl (C=O) groups excluding carboxylic acids is 1. The van der Waals surface area contributed by atoms with Crippen LogP contribution in [0.5, 0.6) is 0 Å². The number of benzene rings is 1. The fourth-order valence-corrected chi connectivity index (χ4v) is 3.10. The molecule has 0 aliphatic carbocycles. The summed E-state index contributed by atoms with van der Waals surface area (Å²) in [5, 5.41) is 4.22. The maximum Gasteiger partial charge on any atom is 0.274 e. The molecule has 0 radical (unpaired) electrons. The lowest BCUT2D eigenvalue weighted by Gasteiger charge is -2.09. The number of pyridine rings is 1. The molecule has 2 heterocycles. The van der Waals surface area contributed by atoms with Crippen LogP contribution in [0.25, 0.3) is 5.65 Å². The lowest BCUT2D eigenvalue weighted by molar-refractivity contribution is 0.102. The van der Waals surface area contributed by atoms with E-state index in [0.717, 1.165) is 0 Å². The molecule has 0 saturated heterocycles. The summed E-state index contributed by atoms with van der Waals surface area (Å²) in [6.45, 7) is 1.92. The Bertz CT molecular complexity index is 952. The van der Waals surface area contributed by atoms with Crippen molar-refractivity contribution in [3.8, 4) is 0 Å². The van der Waals surface area contributed by atoms with Crippen LogP contribution in [0.2, 0.25) is 20.1 Å². The lowest BCUT2D eigenvalue weighted by Crippen LogP contribution is -2.16. The second-order valence-corrected chi connectivity index (χ2v) is 6.69. The molecule has 2 aromatic heterocycles. The van der Waals surface area contributed by atoms with Crippen LogP contribution in [0.3, 0.4) is 0 Å². The fourth-order valence-electron chi connectivity index (χ4n) is 2.36. The molecule has 124 valence electrons. The largest absolute Gasteiger partial charge is 0.319 e. The van der Waals surface area contributed by atoms with E-state index < -0.39 is 0 Å². The van der Waals surface area contributed by atoms with Crippen molar-refractivity contribution in [1.29, 1.82) is 0 Å². The van der Waals surface area contributed by atoms with E-state index in [1.54, 1.807) is 22.7 Å². The van der Waals surface area contributed by atoms with Gasteiger partial charge in [0.1, 0.15) is 11.3 Å². The average molecular weight is 403 g/mol. The number of rotatable bonds is 3. The molecular weight excluding hydrogens is 392 g/mol. The predicted molar refractivity (Wildman–Crippen MR) is 99.0 cm³/mol. The Morgan fingerprint density at radius 3 is 2.54 bits per heavy atom. The van der Waals surface area contributed by atoms with Gasteiger partial charge < -0.3 is 5.32 Å². The Labute approximate surface area is 158 Å². The molecule has 3 aromatic rings. The zero-order valence-electron chi connectivity index (χ0n) is 12.4. The number of nitrogens with zero attached hydrogens (tertiary/aromatic N) is 2. The number of amides is 1. The summed E-state index contributed by atoms with van der Waals surface area (Å²) in [7, 11) is 0. The van der Waals surface area contributed by atoms with Gasteiger partial charge in [0, 0.05) is 17.3 Å². The number of nitrogens with one attached hydrogen (secondary N) is 1. The van der Waals surface area contributed by atoms with Gasteiger partial charge in [-0.1, -0.05) is 53.3 Å². The van der Waals surface area contributed by atoms with Gasteiger partial charge in [-0.3, -0.25) is 9.20 Å². The van der Waals surface area contributed by atoms with E-state index in [1.807, 2.05) is 6.92 Å². The van der Waals surface area contributed by atoms with E-state index in [0.29, 0.717) is 49.2 Å². The maximum atomic E-state index is 12.8. The predicted octanol–water partition coefficient (Wildman–Crippen LogP) is 5.76. The van der Waals surface area contributed by atoms with Crippen LogP contribution < -0.4 is 5.32 Å². The molecule has 0 saturated carbocycles. The molecule has 0 spiro atoms. The number of aryl methyl sites for hydroxylation is 1. The molecule has 4 nitrogen and oxygen atoms in total. The van der Waals surface area contributed by atoms with Crippen molar-refractivity contribution in [3.05, 3.63) is 61.9 Å². The van der Waals surface area contributed by atoms with Crippen LogP contribution in [0.4, 0.5) is 5.69 Å². The monoisotopic (exact) mass is 401 g/mol. The molecule has 1 amide bonds. The number of hydrogen-bond donors (Lipinski definition) is 1. The highest BCUT2D eigenvalue weighted by molar-refractivity contribution is 6.44. The van der Waals surface area contributed by atoms with E-state index in [4.69, 9.17) is 46.4 Å². The third-order valence-electron chi connectivity index (χ3n) is 3.47. The topological polar surface area (TPSA) is 46.4 Å². The summed E-state index contributed by atoms with van der Waals surface area (Å²) in [5.41, 5.74) is 2.06. The number of hydrogen-bond acceptors (Lipinski definition) is 2. The van der Waals surface area contributed by atoms with Crippen LogP contribution >= 0.6 is 46.4 Å². The molecule has 1 N–H and O–H groups in total. The first-order valence-electron chi connectivity index (χ1n) is 7.03. The number of anilines is 1. The minimum atomic E-state index is -0.345. The molecule has 0 bridgehead atoms. The first kappa shape index (κ1) is 17.4. The zero-order valence-corrected chi connectivity index (χ0v) is 15.4. The first-order valence-corrected chi connectivity index (χ1v) is 8.54. The highest BCUT2D eigenvalue weighted by Crippen LogP contribution is 2.32. The van der Waals surface area contributed by atoms with Gasteiger partial charge in [-0.2, -0.15) is 0 Å². The molecule has 0 aliphatic rings. The van der Waals surface area contributed by atoms with Crippen molar-refractivity contribution in [3.63, 3.8) is 0 Å². The highest BCUT2D eigenvalue weighted by Gasteiger charge is 2.20. The molecule has 24 heavy (non-hydrogen) atoms. The van der Waals surface area contributed by atoms with Gasteiger partial charge in [-0.05, 0) is 24.6 Å². The van der Waals surface area contributed by atoms with E-state index in [-0.39, 0.29) is 5.91 Å². The van der Waals surface area contributed by atoms with Crippen LogP contribution in [0, 0.1) is 0 Å². The summed E-state index contributed by atoms with van der Waals surface area (Å²) in [5.74, 6) is -0.345. The standard InChI is InChI=1S/C16H11Cl4N3O/c1-2-12-15(23-4-3-8(17)5-14(23)21-12)16(24)22-13-7-10(19)9(18)6-11(13)20/h3-7H,2H2,1H3,(H,22,24). The first-order chi connectivity index (χ1) is 11.4. The molecule has 1 aromatic carbocycles. The Morgan fingerprint density at radius 1 is 1.12 bits per heavy atom. The van der Waals surface area contributed by atoms with Crippen LogP contribution in [0.15, 0.2) is 30.5 Å². The van der Waals surface area contributed by atoms with Gasteiger partial charge in [0.05, 0.1) is 26.4 Å². The van der Waals surface area contributed by atoms with Crippen LogP contribution in [-0.2, 0) is 6.42 Å². The van der Waals surface area contributed by atoms with Crippen molar-refractivity contribution < 1.29 is 4.79 Å². The Balaban J connectivity index is 2.04. The summed E-state index contributed by atoms with van der Waals surface area (Å²) in [4.78, 5) is 17.2. The third-order valence-corrected chi connectivity index (χ3v) is 4.74. The lowest BCUT2D eigenvalue weighted by atomic mass is 10.2.